The first-order valence-electron chi connectivity index (χ1n) is 9.20. The average Bonchev–Trinajstić information content (AvgIpc) is 2.64. The molecule has 0 saturated carbocycles. The molecule has 1 heterocycles. The van der Waals surface area contributed by atoms with Gasteiger partial charge in [-0.15, -0.1) is 37.2 Å². The molecule has 0 spiro atoms. The van der Waals surface area contributed by atoms with Gasteiger partial charge in [-0.1, -0.05) is 42.5 Å². The lowest BCUT2D eigenvalue weighted by Gasteiger charge is -2.32. The Balaban J connectivity index is 0.00000261. The van der Waals surface area contributed by atoms with Gasteiger partial charge in [0.15, 0.2) is 0 Å². The quantitative estimate of drug-likeness (QED) is 0.688. The van der Waals surface area contributed by atoms with E-state index in [9.17, 15) is 4.79 Å². The molecule has 3 rings (SSSR count). The summed E-state index contributed by atoms with van der Waals surface area (Å²) in [6.07, 6.45) is 0.271. The van der Waals surface area contributed by atoms with Crippen molar-refractivity contribution in [1.82, 2.24) is 9.80 Å². The second-order valence-electron chi connectivity index (χ2n) is 7.05. The Morgan fingerprint density at radius 2 is 1.66 bits per heavy atom. The minimum atomic E-state index is -0.287. The zero-order valence-electron chi connectivity index (χ0n) is 16.6. The number of nitrogens with zero attached hydrogens (tertiary/aromatic N) is 2. The van der Waals surface area contributed by atoms with Gasteiger partial charge in [0.2, 0.25) is 5.91 Å². The molecule has 8 heteroatoms. The topological polar surface area (TPSA) is 61.6 Å². The summed E-state index contributed by atoms with van der Waals surface area (Å²) in [6.45, 7) is 5.29. The van der Waals surface area contributed by atoms with Crippen LogP contribution in [0.5, 0.6) is 0 Å². The van der Waals surface area contributed by atoms with Gasteiger partial charge in [-0.05, 0) is 30.3 Å². The van der Waals surface area contributed by atoms with E-state index in [1.165, 1.54) is 5.56 Å². The zero-order chi connectivity index (χ0) is 18.4. The summed E-state index contributed by atoms with van der Waals surface area (Å²) in [4.78, 5) is 17.1. The number of carbonyl (C=O) groups is 1. The third kappa shape index (κ3) is 8.91. The number of likely N-dealkylation sites (N-methyl/N-ethyl adjacent to an activating group) is 1. The lowest BCUT2D eigenvalue weighted by atomic mass is 10.0. The van der Waals surface area contributed by atoms with Crippen molar-refractivity contribution in [3.05, 3.63) is 65.7 Å². The number of benzene rings is 2. The summed E-state index contributed by atoms with van der Waals surface area (Å²) in [6, 6.07) is 17.5. The molecule has 2 aromatic carbocycles. The van der Waals surface area contributed by atoms with Gasteiger partial charge >= 0.3 is 0 Å². The first-order chi connectivity index (χ1) is 12.6. The van der Waals surface area contributed by atoms with Crippen LogP contribution in [0.2, 0.25) is 0 Å². The van der Waals surface area contributed by atoms with E-state index >= 15 is 0 Å². The molecule has 0 aromatic heterocycles. The molecule has 2 aromatic rings. The highest BCUT2D eigenvalue weighted by Gasteiger charge is 2.15. The Kier molecular flexibility index (Phi) is 13.2. The maximum Gasteiger partial charge on any atom is 0.226 e. The first kappa shape index (κ1) is 27.7. The van der Waals surface area contributed by atoms with E-state index in [2.05, 4.69) is 34.3 Å². The molecule has 1 saturated heterocycles. The zero-order valence-corrected chi connectivity index (χ0v) is 19.1. The highest BCUT2D eigenvalue weighted by atomic mass is 35.5. The van der Waals surface area contributed by atoms with Crippen LogP contribution in [0.1, 0.15) is 23.6 Å². The Morgan fingerprint density at radius 1 is 1.00 bits per heavy atom. The minimum Gasteiger partial charge on any atom is -0.326 e. The number of nitrogens with two attached hydrogens (primary N) is 1. The largest absolute Gasteiger partial charge is 0.326 e. The van der Waals surface area contributed by atoms with Gasteiger partial charge in [-0.3, -0.25) is 9.69 Å². The molecular formula is C21H31Cl3N4O. The molecule has 5 nitrogen and oxygen atoms in total. The Bertz CT molecular complexity index is 725. The predicted molar refractivity (Wildman–Crippen MR) is 128 cm³/mol. The maximum absolute atomic E-state index is 12.3. The molecule has 1 aliphatic rings. The first-order valence-corrected chi connectivity index (χ1v) is 9.20. The number of carbonyl (C=O) groups excluding carboxylic acids is 1. The maximum atomic E-state index is 12.3. The van der Waals surface area contributed by atoms with Crippen LogP contribution < -0.4 is 11.1 Å². The summed E-state index contributed by atoms with van der Waals surface area (Å²) in [5, 5.41) is 2.98. The van der Waals surface area contributed by atoms with Crippen LogP contribution in [0.4, 0.5) is 5.69 Å². The van der Waals surface area contributed by atoms with Crippen molar-refractivity contribution in [2.75, 3.05) is 38.5 Å². The molecule has 162 valence electrons. The second-order valence-corrected chi connectivity index (χ2v) is 7.05. The van der Waals surface area contributed by atoms with Gasteiger partial charge < -0.3 is 16.0 Å². The van der Waals surface area contributed by atoms with E-state index in [1.54, 1.807) is 0 Å². The van der Waals surface area contributed by atoms with Gasteiger partial charge in [0.25, 0.3) is 0 Å². The fourth-order valence-corrected chi connectivity index (χ4v) is 3.24. The van der Waals surface area contributed by atoms with E-state index in [-0.39, 0.29) is 55.6 Å². The number of hydrogen-bond donors (Lipinski definition) is 2. The van der Waals surface area contributed by atoms with Crippen LogP contribution in [0.3, 0.4) is 0 Å². The normalized spacial score (nSPS) is 15.2. The third-order valence-electron chi connectivity index (χ3n) is 4.85. The average molecular weight is 462 g/mol. The number of piperazine rings is 1. The molecule has 0 aliphatic carbocycles. The Labute approximate surface area is 192 Å². The number of halogens is 3. The van der Waals surface area contributed by atoms with Crippen LogP contribution in [0, 0.1) is 0 Å². The Hall–Kier alpha value is -1.34. The minimum absolute atomic E-state index is 0. The van der Waals surface area contributed by atoms with Crippen LogP contribution in [-0.2, 0) is 11.3 Å². The number of amides is 1. The van der Waals surface area contributed by atoms with E-state index in [0.29, 0.717) is 0 Å². The lowest BCUT2D eigenvalue weighted by Crippen LogP contribution is -2.43. The summed E-state index contributed by atoms with van der Waals surface area (Å²) in [7, 11) is 2.16. The van der Waals surface area contributed by atoms with Crippen molar-refractivity contribution in [3.63, 3.8) is 0 Å². The molecule has 0 bridgehead atoms. The van der Waals surface area contributed by atoms with E-state index in [4.69, 9.17) is 5.73 Å². The van der Waals surface area contributed by atoms with Crippen molar-refractivity contribution in [3.8, 4) is 0 Å². The van der Waals surface area contributed by atoms with Crippen LogP contribution in [-0.4, -0.2) is 48.9 Å². The summed E-state index contributed by atoms with van der Waals surface area (Å²) in [5.41, 5.74) is 9.18. The fourth-order valence-electron chi connectivity index (χ4n) is 3.24. The molecule has 1 amide bonds. The number of anilines is 1. The molecule has 29 heavy (non-hydrogen) atoms. The summed E-state index contributed by atoms with van der Waals surface area (Å²) >= 11 is 0. The van der Waals surface area contributed by atoms with Crippen LogP contribution in [0.15, 0.2) is 54.6 Å². The van der Waals surface area contributed by atoms with E-state index in [1.807, 2.05) is 42.5 Å². The smallest absolute Gasteiger partial charge is 0.226 e. The summed E-state index contributed by atoms with van der Waals surface area (Å²) < 4.78 is 0. The Morgan fingerprint density at radius 3 is 2.31 bits per heavy atom. The third-order valence-corrected chi connectivity index (χ3v) is 4.85. The molecule has 1 fully saturated rings. The van der Waals surface area contributed by atoms with E-state index < -0.39 is 0 Å². The second kappa shape index (κ2) is 13.8. The SMILES string of the molecule is CN1CCN(Cc2cccc(NC(=O)CC(N)c3ccccc3)c2)CC1.Cl.Cl.Cl. The van der Waals surface area contributed by atoms with Gasteiger partial charge in [-0.25, -0.2) is 0 Å². The van der Waals surface area contributed by atoms with Gasteiger partial charge in [0, 0.05) is 50.9 Å². The number of rotatable bonds is 6. The lowest BCUT2D eigenvalue weighted by molar-refractivity contribution is -0.116. The van der Waals surface area contributed by atoms with Crippen molar-refractivity contribution >= 4 is 48.8 Å². The molecule has 1 atom stereocenters. The van der Waals surface area contributed by atoms with Crippen molar-refractivity contribution in [1.29, 1.82) is 0 Å². The van der Waals surface area contributed by atoms with Gasteiger partial charge in [0.1, 0.15) is 0 Å². The monoisotopic (exact) mass is 460 g/mol. The fraction of sp³-hybridized carbons (Fsp3) is 0.381. The predicted octanol–water partition coefficient (Wildman–Crippen LogP) is 3.73. The molecular weight excluding hydrogens is 431 g/mol. The van der Waals surface area contributed by atoms with Crippen molar-refractivity contribution in [2.24, 2.45) is 5.73 Å². The van der Waals surface area contributed by atoms with Gasteiger partial charge in [0.05, 0.1) is 0 Å². The molecule has 1 unspecified atom stereocenters. The van der Waals surface area contributed by atoms with Gasteiger partial charge in [-0.2, -0.15) is 0 Å². The number of hydrogen-bond acceptors (Lipinski definition) is 4. The van der Waals surface area contributed by atoms with Crippen LogP contribution in [0.25, 0.3) is 0 Å². The molecule has 1 aliphatic heterocycles. The van der Waals surface area contributed by atoms with E-state index in [0.717, 1.165) is 44.0 Å². The molecule has 0 radical (unpaired) electrons. The highest BCUT2D eigenvalue weighted by molar-refractivity contribution is 5.91. The van der Waals surface area contributed by atoms with Crippen molar-refractivity contribution < 1.29 is 4.79 Å². The molecule has 3 N–H and O–H groups in total. The van der Waals surface area contributed by atoms with Crippen LogP contribution >= 0.6 is 37.2 Å². The highest BCUT2D eigenvalue weighted by Crippen LogP contribution is 2.17. The van der Waals surface area contributed by atoms with Crippen molar-refractivity contribution in [2.45, 2.75) is 19.0 Å². The number of nitrogens with one attached hydrogen (secondary N) is 1. The summed E-state index contributed by atoms with van der Waals surface area (Å²) in [5.74, 6) is -0.0573. The standard InChI is InChI=1S/C21H28N4O.3ClH/c1-24-10-12-25(13-11-24)16-17-6-5-9-19(14-17)23-21(26)15-20(22)18-7-3-2-4-8-18;;;/h2-9,14,20H,10-13,15-16,22H2,1H3,(H,23,26);3*1H.